The van der Waals surface area contributed by atoms with E-state index in [9.17, 15) is 43.2 Å². The first-order chi connectivity index (χ1) is 43.4. The summed E-state index contributed by atoms with van der Waals surface area (Å²) in [7, 11) is -9.90. The van der Waals surface area contributed by atoms with E-state index < -0.39 is 97.5 Å². The van der Waals surface area contributed by atoms with Crippen LogP contribution in [0.4, 0.5) is 0 Å². The second kappa shape index (κ2) is 63.1. The molecule has 0 amide bonds. The molecule has 6 atom stereocenters. The molecule has 0 saturated heterocycles. The SMILES string of the molecule is CCCCCCCCCCCCCC(=O)O[C@H](COC(=O)CCCCCCCCCCC)COP(=O)(O)OC[C@H](O)COP(=O)(O)OC[C@@H](COC(=O)CCCCCCCCCCCCC(C)CC)OC(=O)CCCCCCCCCCCCCCCC(C)C. The summed E-state index contributed by atoms with van der Waals surface area (Å²) >= 11 is 0. The summed E-state index contributed by atoms with van der Waals surface area (Å²) < 4.78 is 68.3. The number of carbonyl (C=O) groups is 4. The Morgan fingerprint density at radius 1 is 0.322 bits per heavy atom. The van der Waals surface area contributed by atoms with Crippen molar-refractivity contribution in [3.05, 3.63) is 0 Å². The van der Waals surface area contributed by atoms with Crippen molar-refractivity contribution in [2.24, 2.45) is 11.8 Å². The average Bonchev–Trinajstić information content (AvgIpc) is 3.67. The van der Waals surface area contributed by atoms with E-state index in [2.05, 4.69) is 41.5 Å². The Bertz CT molecular complexity index is 1750. The van der Waals surface area contributed by atoms with E-state index in [-0.39, 0.29) is 25.7 Å². The molecule has 0 radical (unpaired) electrons. The first-order valence-electron chi connectivity index (χ1n) is 37.0. The van der Waals surface area contributed by atoms with E-state index in [1.807, 2.05) is 0 Å². The van der Waals surface area contributed by atoms with Crippen LogP contribution in [0, 0.1) is 11.8 Å². The highest BCUT2D eigenvalue weighted by atomic mass is 31.2. The molecule has 0 aromatic rings. The summed E-state index contributed by atoms with van der Waals surface area (Å²) in [6.45, 7) is 9.58. The van der Waals surface area contributed by atoms with Crippen LogP contribution in [0.1, 0.15) is 363 Å². The lowest BCUT2D eigenvalue weighted by molar-refractivity contribution is -0.161. The second-order valence-corrected chi connectivity index (χ2v) is 29.3. The number of carbonyl (C=O) groups excluding carboxylic acids is 4. The van der Waals surface area contributed by atoms with Gasteiger partial charge in [-0.05, 0) is 37.5 Å². The zero-order valence-corrected chi connectivity index (χ0v) is 60.2. The molecule has 0 aromatic heterocycles. The Hall–Kier alpha value is -1.94. The number of aliphatic hydroxyl groups excluding tert-OH is 1. The molecule has 0 rings (SSSR count). The van der Waals surface area contributed by atoms with Gasteiger partial charge in [-0.2, -0.15) is 0 Å². The standard InChI is InChI=1S/C71H138O17P2/c1-7-10-12-14-16-18-22-31-37-43-49-55-70(75)87-66(59-81-68(73)53-47-41-35-27-17-15-13-11-8-2)61-85-89(77,78)83-57-65(72)58-84-90(79,80)86-62-67(60-82-69(74)54-48-42-36-30-26-25-29-34-40-46-52-64(6)9-3)88-71(76)56-50-44-38-32-24-21-19-20-23-28-33-39-45-51-63(4)5/h63-67,72H,7-62H2,1-6H3,(H,77,78)(H,79,80)/t64?,65-,66+,67+/m0/s1. The van der Waals surface area contributed by atoms with Crippen LogP contribution < -0.4 is 0 Å². The smallest absolute Gasteiger partial charge is 0.462 e. The number of esters is 4. The maximum Gasteiger partial charge on any atom is 0.472 e. The summed E-state index contributed by atoms with van der Waals surface area (Å²) in [6, 6.07) is 0. The zero-order valence-electron chi connectivity index (χ0n) is 58.4. The van der Waals surface area contributed by atoms with Gasteiger partial charge in [0.1, 0.15) is 19.3 Å². The maximum atomic E-state index is 13.0. The van der Waals surface area contributed by atoms with Crippen LogP contribution in [-0.4, -0.2) is 96.7 Å². The van der Waals surface area contributed by atoms with Gasteiger partial charge in [0, 0.05) is 25.7 Å². The molecule has 0 fully saturated rings. The summed E-state index contributed by atoms with van der Waals surface area (Å²) in [5.74, 6) is -0.526. The average molecular weight is 1330 g/mol. The second-order valence-electron chi connectivity index (χ2n) is 26.3. The van der Waals surface area contributed by atoms with Crippen molar-refractivity contribution in [3.8, 4) is 0 Å². The number of hydrogen-bond acceptors (Lipinski definition) is 15. The number of hydrogen-bond donors (Lipinski definition) is 3. The fourth-order valence-corrected chi connectivity index (χ4v) is 12.3. The van der Waals surface area contributed by atoms with Gasteiger partial charge in [0.05, 0.1) is 26.4 Å². The lowest BCUT2D eigenvalue weighted by atomic mass is 9.99. The molecule has 0 bridgehead atoms. The van der Waals surface area contributed by atoms with Crippen LogP contribution in [-0.2, 0) is 65.4 Å². The summed E-state index contributed by atoms with van der Waals surface area (Å²) in [5, 5.41) is 10.6. The van der Waals surface area contributed by atoms with Crippen molar-refractivity contribution >= 4 is 39.5 Å². The highest BCUT2D eigenvalue weighted by molar-refractivity contribution is 7.47. The molecule has 0 spiro atoms. The molecular formula is C71H138O17P2. The first-order valence-corrected chi connectivity index (χ1v) is 40.0. The lowest BCUT2D eigenvalue weighted by Gasteiger charge is -2.21. The van der Waals surface area contributed by atoms with Gasteiger partial charge < -0.3 is 33.8 Å². The molecule has 0 aliphatic carbocycles. The number of aliphatic hydroxyl groups is 1. The number of phosphoric acid groups is 2. The van der Waals surface area contributed by atoms with Gasteiger partial charge in [0.2, 0.25) is 0 Å². The highest BCUT2D eigenvalue weighted by Gasteiger charge is 2.30. The lowest BCUT2D eigenvalue weighted by Crippen LogP contribution is -2.30. The summed E-state index contributed by atoms with van der Waals surface area (Å²) in [5.41, 5.74) is 0. The molecule has 3 N–H and O–H groups in total. The maximum absolute atomic E-state index is 13.0. The Labute approximate surface area is 549 Å². The van der Waals surface area contributed by atoms with Gasteiger partial charge in [-0.1, -0.05) is 311 Å². The first kappa shape index (κ1) is 88.1. The molecule has 3 unspecified atom stereocenters. The van der Waals surface area contributed by atoms with Crippen molar-refractivity contribution in [3.63, 3.8) is 0 Å². The quantitative estimate of drug-likeness (QED) is 0.0222. The minimum absolute atomic E-state index is 0.107. The fraction of sp³-hybridized carbons (Fsp3) is 0.944. The zero-order chi connectivity index (χ0) is 66.5. The molecule has 0 saturated carbocycles. The van der Waals surface area contributed by atoms with Gasteiger partial charge in [0.15, 0.2) is 12.2 Å². The molecule has 0 heterocycles. The van der Waals surface area contributed by atoms with Crippen molar-refractivity contribution in [1.29, 1.82) is 0 Å². The molecule has 0 aliphatic rings. The van der Waals surface area contributed by atoms with E-state index in [1.54, 1.807) is 0 Å². The van der Waals surface area contributed by atoms with E-state index >= 15 is 0 Å². The third kappa shape index (κ3) is 63.5. The van der Waals surface area contributed by atoms with Crippen LogP contribution in [0.2, 0.25) is 0 Å². The van der Waals surface area contributed by atoms with Gasteiger partial charge in [-0.3, -0.25) is 37.3 Å². The number of unbranched alkanes of at least 4 members (excludes halogenated alkanes) is 39. The molecule has 0 aliphatic heterocycles. The van der Waals surface area contributed by atoms with Crippen LogP contribution >= 0.6 is 15.6 Å². The Balaban J connectivity index is 5.24. The van der Waals surface area contributed by atoms with Crippen LogP contribution in [0.5, 0.6) is 0 Å². The Morgan fingerprint density at radius 2 is 0.567 bits per heavy atom. The minimum atomic E-state index is -4.95. The van der Waals surface area contributed by atoms with Crippen molar-refractivity contribution < 1.29 is 80.2 Å². The monoisotopic (exact) mass is 1320 g/mol. The predicted molar refractivity (Wildman–Crippen MR) is 363 cm³/mol. The van der Waals surface area contributed by atoms with E-state index in [0.717, 1.165) is 102 Å². The third-order valence-electron chi connectivity index (χ3n) is 16.8. The number of rotatable bonds is 70. The predicted octanol–water partition coefficient (Wildman–Crippen LogP) is 20.4. The third-order valence-corrected chi connectivity index (χ3v) is 18.7. The normalized spacial score (nSPS) is 14.4. The van der Waals surface area contributed by atoms with E-state index in [1.165, 1.54) is 180 Å². The Morgan fingerprint density at radius 3 is 0.844 bits per heavy atom. The van der Waals surface area contributed by atoms with Crippen molar-refractivity contribution in [2.75, 3.05) is 39.6 Å². The summed E-state index contributed by atoms with van der Waals surface area (Å²) in [4.78, 5) is 72.5. The summed E-state index contributed by atoms with van der Waals surface area (Å²) in [6.07, 6.45) is 48.4. The molecule has 19 heteroatoms. The van der Waals surface area contributed by atoms with E-state index in [0.29, 0.717) is 25.7 Å². The van der Waals surface area contributed by atoms with E-state index in [4.69, 9.17) is 37.0 Å². The van der Waals surface area contributed by atoms with Crippen molar-refractivity contribution in [1.82, 2.24) is 0 Å². The molecular weight excluding hydrogens is 1190 g/mol. The van der Waals surface area contributed by atoms with Crippen LogP contribution in [0.25, 0.3) is 0 Å². The number of ether oxygens (including phenoxy) is 4. The fourth-order valence-electron chi connectivity index (χ4n) is 10.7. The van der Waals surface area contributed by atoms with Crippen LogP contribution in [0.15, 0.2) is 0 Å². The van der Waals surface area contributed by atoms with Gasteiger partial charge in [-0.25, -0.2) is 9.13 Å². The molecule has 534 valence electrons. The molecule has 0 aromatic carbocycles. The van der Waals surface area contributed by atoms with Gasteiger partial charge in [-0.15, -0.1) is 0 Å². The minimum Gasteiger partial charge on any atom is -0.462 e. The number of phosphoric ester groups is 2. The van der Waals surface area contributed by atoms with Crippen molar-refractivity contribution in [2.45, 2.75) is 381 Å². The largest absolute Gasteiger partial charge is 0.472 e. The highest BCUT2D eigenvalue weighted by Crippen LogP contribution is 2.45. The van der Waals surface area contributed by atoms with Gasteiger partial charge >= 0.3 is 39.5 Å². The molecule has 90 heavy (non-hydrogen) atoms. The topological polar surface area (TPSA) is 237 Å². The van der Waals surface area contributed by atoms with Gasteiger partial charge in [0.25, 0.3) is 0 Å². The Kier molecular flexibility index (Phi) is 61.8. The molecule has 17 nitrogen and oxygen atoms in total. The van der Waals surface area contributed by atoms with Crippen LogP contribution in [0.3, 0.4) is 0 Å².